The zero-order valence-electron chi connectivity index (χ0n) is 28.1. The van der Waals surface area contributed by atoms with E-state index in [-0.39, 0.29) is 23.0 Å². The van der Waals surface area contributed by atoms with Crippen molar-refractivity contribution in [1.29, 1.82) is 10.5 Å². The number of ether oxygens (including phenoxy) is 3. The van der Waals surface area contributed by atoms with Gasteiger partial charge in [0.15, 0.2) is 0 Å². The first-order valence-corrected chi connectivity index (χ1v) is 16.0. The molecule has 2 aromatic heterocycles. The molecule has 2 aromatic carbocycles. The number of thioether (sulfide) groups is 1. The van der Waals surface area contributed by atoms with Gasteiger partial charge in [0.2, 0.25) is 5.89 Å². The summed E-state index contributed by atoms with van der Waals surface area (Å²) in [5, 5.41) is 20.3. The molecule has 0 saturated carbocycles. The highest BCUT2D eigenvalue weighted by Gasteiger charge is 2.22. The van der Waals surface area contributed by atoms with Gasteiger partial charge >= 0.3 is 5.97 Å². The van der Waals surface area contributed by atoms with E-state index in [0.717, 1.165) is 0 Å². The number of pyridine rings is 1. The van der Waals surface area contributed by atoms with Crippen LogP contribution in [0.25, 0.3) is 22.6 Å². The van der Waals surface area contributed by atoms with Crippen molar-refractivity contribution in [3.05, 3.63) is 76.7 Å². The molecule has 0 saturated heterocycles. The third kappa shape index (κ3) is 9.82. The number of methoxy groups -OCH3 is 2. The van der Waals surface area contributed by atoms with E-state index < -0.39 is 5.97 Å². The van der Waals surface area contributed by atoms with E-state index in [2.05, 4.69) is 49.8 Å². The second-order valence-electron chi connectivity index (χ2n) is 11.8. The molecule has 246 valence electrons. The molecule has 10 nitrogen and oxygen atoms in total. The molecular formula is C36H41N5O5S. The largest absolute Gasteiger partial charge is 0.491 e. The number of aryl methyl sites for hydroxylation is 1. The van der Waals surface area contributed by atoms with Crippen LogP contribution in [0, 0.1) is 35.0 Å². The minimum atomic E-state index is -0.430. The van der Waals surface area contributed by atoms with E-state index >= 15 is 0 Å². The van der Waals surface area contributed by atoms with Crippen molar-refractivity contribution >= 4 is 23.5 Å². The zero-order chi connectivity index (χ0) is 34.7. The van der Waals surface area contributed by atoms with Gasteiger partial charge in [0.25, 0.3) is 0 Å². The van der Waals surface area contributed by atoms with E-state index in [1.54, 1.807) is 62.6 Å². The van der Waals surface area contributed by atoms with Gasteiger partial charge < -0.3 is 24.4 Å². The fourth-order valence-corrected chi connectivity index (χ4v) is 4.88. The highest BCUT2D eigenvalue weighted by atomic mass is 32.2. The van der Waals surface area contributed by atoms with Gasteiger partial charge in [-0.3, -0.25) is 0 Å². The number of nitriles is 2. The number of anilines is 1. The highest BCUT2D eigenvalue weighted by Crippen LogP contribution is 2.37. The first kappa shape index (κ1) is 36.6. The number of rotatable bonds is 10. The zero-order valence-corrected chi connectivity index (χ0v) is 28.9. The number of hydrogen-bond donors (Lipinski definition) is 1. The van der Waals surface area contributed by atoms with Crippen molar-refractivity contribution in [2.24, 2.45) is 5.41 Å². The summed E-state index contributed by atoms with van der Waals surface area (Å²) in [6.45, 7) is 13.0. The quantitative estimate of drug-likeness (QED) is 0.130. The average molecular weight is 656 g/mol. The molecular weight excluding hydrogens is 614 g/mol. The van der Waals surface area contributed by atoms with Crippen LogP contribution in [0.3, 0.4) is 0 Å². The van der Waals surface area contributed by atoms with E-state index in [4.69, 9.17) is 24.4 Å². The van der Waals surface area contributed by atoms with Crippen LogP contribution in [-0.4, -0.2) is 42.9 Å². The Morgan fingerprint density at radius 1 is 1.00 bits per heavy atom. The summed E-state index contributed by atoms with van der Waals surface area (Å²) in [5.41, 5.74) is 9.90. The average Bonchev–Trinajstić information content (AvgIpc) is 3.45. The minimum absolute atomic E-state index is 0.0292. The predicted octanol–water partition coefficient (Wildman–Crippen LogP) is 7.97. The van der Waals surface area contributed by atoms with E-state index in [0.29, 0.717) is 68.1 Å². The topological polar surface area (TPSA) is 157 Å². The van der Waals surface area contributed by atoms with Gasteiger partial charge in [0.1, 0.15) is 46.7 Å². The summed E-state index contributed by atoms with van der Waals surface area (Å²) in [4.78, 5) is 20.7. The second-order valence-corrected chi connectivity index (χ2v) is 12.8. The number of nitrogen functional groups attached to an aromatic ring is 1. The number of esters is 1. The molecule has 4 aromatic rings. The molecule has 4 rings (SSSR count). The maximum atomic E-state index is 11.7. The Kier molecular flexibility index (Phi) is 13.0. The summed E-state index contributed by atoms with van der Waals surface area (Å²) in [5.74, 6) is 1.56. The summed E-state index contributed by atoms with van der Waals surface area (Å²) < 4.78 is 21.5. The molecule has 0 aliphatic carbocycles. The second kappa shape index (κ2) is 16.6. The normalized spacial score (nSPS) is 11.4. The molecule has 0 amide bonds. The lowest BCUT2D eigenvalue weighted by Gasteiger charge is -2.14. The van der Waals surface area contributed by atoms with Crippen molar-refractivity contribution in [2.75, 3.05) is 26.6 Å². The standard InChI is InChI=1S/C30H27N5O5S.C6H14/c1-17(37-3)15-39-22-11-9-19(10-12-22)26-23(13-31)27(33)35-29(24(26)14-32)41-16-25-18(2)40-28(34-25)20-5-7-21(8-6-20)30(36)38-4;1-5-6(2,3)4/h5-12,17H,15-16H2,1-4H3,(H2,33,35);5H2,1-4H3. The number of nitrogens with two attached hydrogens (primary N) is 1. The molecule has 0 radical (unpaired) electrons. The number of carbonyl (C=O) groups is 1. The van der Waals surface area contributed by atoms with Crippen LogP contribution in [0.4, 0.5) is 5.82 Å². The molecule has 11 heteroatoms. The molecule has 0 spiro atoms. The van der Waals surface area contributed by atoms with Crippen molar-refractivity contribution in [3.8, 4) is 40.5 Å². The fourth-order valence-electron chi connectivity index (χ4n) is 3.88. The number of oxazole rings is 1. The molecule has 1 unspecified atom stereocenters. The van der Waals surface area contributed by atoms with Gasteiger partial charge in [-0.2, -0.15) is 10.5 Å². The van der Waals surface area contributed by atoms with E-state index in [1.807, 2.05) is 6.92 Å². The Balaban J connectivity index is 0.000000913. The van der Waals surface area contributed by atoms with Gasteiger partial charge in [0.05, 0.1) is 30.0 Å². The Hall–Kier alpha value is -4.84. The maximum absolute atomic E-state index is 11.7. The molecule has 2 heterocycles. The number of nitrogens with zero attached hydrogens (tertiary/aromatic N) is 4. The third-order valence-electron chi connectivity index (χ3n) is 7.30. The predicted molar refractivity (Wildman–Crippen MR) is 183 cm³/mol. The van der Waals surface area contributed by atoms with E-state index in [1.165, 1.54) is 25.3 Å². The van der Waals surface area contributed by atoms with Crippen molar-refractivity contribution < 1.29 is 23.4 Å². The summed E-state index contributed by atoms with van der Waals surface area (Å²) in [7, 11) is 2.94. The summed E-state index contributed by atoms with van der Waals surface area (Å²) in [6.07, 6.45) is 1.20. The van der Waals surface area contributed by atoms with Gasteiger partial charge in [0, 0.05) is 24.0 Å². The Morgan fingerprint density at radius 2 is 1.60 bits per heavy atom. The van der Waals surface area contributed by atoms with Crippen LogP contribution in [0.2, 0.25) is 0 Å². The SMILES string of the molecule is CCC(C)(C)C.COC(=O)c1ccc(-c2nc(CSc3nc(N)c(C#N)c(-c4ccc(OCC(C)OC)cc4)c3C#N)c(C)o2)cc1. The monoisotopic (exact) mass is 655 g/mol. The van der Waals surface area contributed by atoms with Crippen LogP contribution >= 0.6 is 11.8 Å². The Morgan fingerprint density at radius 3 is 2.13 bits per heavy atom. The van der Waals surface area contributed by atoms with Crippen LogP contribution in [0.1, 0.15) is 74.0 Å². The Labute approximate surface area is 280 Å². The van der Waals surface area contributed by atoms with Crippen LogP contribution in [0.15, 0.2) is 58.0 Å². The Bertz CT molecular complexity index is 1750. The number of aromatic nitrogens is 2. The first-order valence-electron chi connectivity index (χ1n) is 15.0. The summed E-state index contributed by atoms with van der Waals surface area (Å²) in [6, 6.07) is 18.1. The lowest BCUT2D eigenvalue weighted by molar-refractivity contribution is 0.0600. The lowest BCUT2D eigenvalue weighted by Crippen LogP contribution is -2.15. The molecule has 2 N–H and O–H groups in total. The minimum Gasteiger partial charge on any atom is -0.491 e. The maximum Gasteiger partial charge on any atom is 0.337 e. The number of benzene rings is 2. The van der Waals surface area contributed by atoms with Gasteiger partial charge in [-0.15, -0.1) is 0 Å². The van der Waals surface area contributed by atoms with Crippen LogP contribution < -0.4 is 10.5 Å². The van der Waals surface area contributed by atoms with Crippen molar-refractivity contribution in [1.82, 2.24) is 9.97 Å². The summed E-state index contributed by atoms with van der Waals surface area (Å²) >= 11 is 1.27. The molecule has 0 bridgehead atoms. The highest BCUT2D eigenvalue weighted by molar-refractivity contribution is 7.98. The van der Waals surface area contributed by atoms with Gasteiger partial charge in [-0.25, -0.2) is 14.8 Å². The fraction of sp³-hybridized carbons (Fsp3) is 0.361. The third-order valence-corrected chi connectivity index (χ3v) is 8.28. The van der Waals surface area contributed by atoms with Crippen molar-refractivity contribution in [3.63, 3.8) is 0 Å². The number of hydrogen-bond acceptors (Lipinski definition) is 11. The number of carbonyl (C=O) groups excluding carboxylic acids is 1. The smallest absolute Gasteiger partial charge is 0.337 e. The molecule has 0 aliphatic heterocycles. The lowest BCUT2D eigenvalue weighted by atomic mass is 9.94. The molecule has 0 aliphatic rings. The van der Waals surface area contributed by atoms with Crippen LogP contribution in [-0.2, 0) is 15.2 Å². The van der Waals surface area contributed by atoms with E-state index in [9.17, 15) is 15.3 Å². The first-order chi connectivity index (χ1) is 22.3. The van der Waals surface area contributed by atoms with Crippen LogP contribution in [0.5, 0.6) is 5.75 Å². The molecule has 0 fully saturated rings. The molecule has 1 atom stereocenters. The van der Waals surface area contributed by atoms with Gasteiger partial charge in [-0.05, 0) is 61.2 Å². The molecule has 47 heavy (non-hydrogen) atoms. The van der Waals surface area contributed by atoms with Crippen molar-refractivity contribution in [2.45, 2.75) is 64.8 Å². The van der Waals surface area contributed by atoms with Gasteiger partial charge in [-0.1, -0.05) is 58.0 Å².